The van der Waals surface area contributed by atoms with E-state index in [0.717, 1.165) is 18.9 Å². The van der Waals surface area contributed by atoms with Crippen LogP contribution in [0, 0.1) is 5.92 Å². The van der Waals surface area contributed by atoms with Crippen molar-refractivity contribution >= 4 is 11.6 Å². The van der Waals surface area contributed by atoms with Crippen LogP contribution in [-0.2, 0) is 0 Å². The molecule has 0 bridgehead atoms. The largest absolute Gasteiger partial charge is 0.370 e. The SMILES string of the molecule is CC(C)N1CCC(CNc2cc(NN)ncn2)C1. The van der Waals surface area contributed by atoms with E-state index >= 15 is 0 Å². The molecule has 1 unspecified atom stereocenters. The van der Waals surface area contributed by atoms with E-state index in [4.69, 9.17) is 5.84 Å². The van der Waals surface area contributed by atoms with Gasteiger partial charge in [0.15, 0.2) is 0 Å². The van der Waals surface area contributed by atoms with Gasteiger partial charge in [-0.05, 0) is 32.7 Å². The van der Waals surface area contributed by atoms with Crippen LogP contribution in [0.1, 0.15) is 20.3 Å². The first-order valence-corrected chi connectivity index (χ1v) is 6.45. The molecule has 1 aliphatic heterocycles. The Balaban J connectivity index is 1.81. The lowest BCUT2D eigenvalue weighted by atomic mass is 10.1. The van der Waals surface area contributed by atoms with Crippen LogP contribution in [-0.4, -0.2) is 40.5 Å². The van der Waals surface area contributed by atoms with Crippen LogP contribution >= 0.6 is 0 Å². The predicted octanol–water partition coefficient (Wildman–Crippen LogP) is 0.904. The summed E-state index contributed by atoms with van der Waals surface area (Å²) in [5.41, 5.74) is 2.52. The second kappa shape index (κ2) is 5.97. The number of hydrogen-bond acceptors (Lipinski definition) is 6. The van der Waals surface area contributed by atoms with Crippen LogP contribution in [0.3, 0.4) is 0 Å². The first-order valence-electron chi connectivity index (χ1n) is 6.45. The Kier molecular flexibility index (Phi) is 4.33. The molecule has 0 radical (unpaired) electrons. The van der Waals surface area contributed by atoms with Gasteiger partial charge in [-0.2, -0.15) is 0 Å². The average Bonchev–Trinajstić information content (AvgIpc) is 2.85. The molecule has 1 saturated heterocycles. The van der Waals surface area contributed by atoms with Crippen LogP contribution in [0.4, 0.5) is 11.6 Å². The number of likely N-dealkylation sites (tertiary alicyclic amines) is 1. The monoisotopic (exact) mass is 250 g/mol. The zero-order chi connectivity index (χ0) is 13.0. The lowest BCUT2D eigenvalue weighted by Crippen LogP contribution is -2.29. The fourth-order valence-electron chi connectivity index (χ4n) is 2.28. The van der Waals surface area contributed by atoms with E-state index in [0.29, 0.717) is 17.8 Å². The van der Waals surface area contributed by atoms with Gasteiger partial charge in [0.1, 0.15) is 18.0 Å². The van der Waals surface area contributed by atoms with Crippen molar-refractivity contribution in [3.63, 3.8) is 0 Å². The highest BCUT2D eigenvalue weighted by Gasteiger charge is 2.23. The summed E-state index contributed by atoms with van der Waals surface area (Å²) in [6.45, 7) is 7.81. The minimum atomic E-state index is 0.628. The minimum absolute atomic E-state index is 0.628. The summed E-state index contributed by atoms with van der Waals surface area (Å²) in [5, 5.41) is 3.35. The van der Waals surface area contributed by atoms with Crippen molar-refractivity contribution in [2.75, 3.05) is 30.4 Å². The number of nitrogen functional groups attached to an aromatic ring is 1. The van der Waals surface area contributed by atoms with Gasteiger partial charge in [0.05, 0.1) is 0 Å². The maximum atomic E-state index is 5.31. The summed E-state index contributed by atoms with van der Waals surface area (Å²) in [6, 6.07) is 2.46. The lowest BCUT2D eigenvalue weighted by molar-refractivity contribution is 0.266. The van der Waals surface area contributed by atoms with Gasteiger partial charge in [-0.1, -0.05) is 0 Å². The molecule has 1 aromatic heterocycles. The summed E-state index contributed by atoms with van der Waals surface area (Å²) in [5.74, 6) is 7.45. The summed E-state index contributed by atoms with van der Waals surface area (Å²) < 4.78 is 0. The van der Waals surface area contributed by atoms with Crippen molar-refractivity contribution in [3.05, 3.63) is 12.4 Å². The standard InChI is InChI=1S/C12H22N6/c1-9(2)18-4-3-10(7-18)6-14-11-5-12(17-13)16-8-15-11/h5,8-10H,3-4,6-7,13H2,1-2H3,(H2,14,15,16,17). The van der Waals surface area contributed by atoms with Crippen LogP contribution in [0.15, 0.2) is 12.4 Å². The second-order valence-corrected chi connectivity index (χ2v) is 5.06. The van der Waals surface area contributed by atoms with Gasteiger partial charge in [0.2, 0.25) is 0 Å². The molecule has 0 spiro atoms. The van der Waals surface area contributed by atoms with Gasteiger partial charge in [0.25, 0.3) is 0 Å². The van der Waals surface area contributed by atoms with Gasteiger partial charge in [-0.3, -0.25) is 0 Å². The van der Waals surface area contributed by atoms with E-state index in [1.807, 2.05) is 6.07 Å². The molecule has 0 saturated carbocycles. The fraction of sp³-hybridized carbons (Fsp3) is 0.667. The quantitative estimate of drug-likeness (QED) is 0.532. The summed E-state index contributed by atoms with van der Waals surface area (Å²) in [4.78, 5) is 10.7. The smallest absolute Gasteiger partial charge is 0.145 e. The Hall–Kier alpha value is -1.40. The molecule has 6 heteroatoms. The van der Waals surface area contributed by atoms with Crippen molar-refractivity contribution in [3.8, 4) is 0 Å². The third kappa shape index (κ3) is 3.30. The van der Waals surface area contributed by atoms with E-state index in [2.05, 4.69) is 39.5 Å². The van der Waals surface area contributed by atoms with Crippen LogP contribution in [0.2, 0.25) is 0 Å². The number of nitrogens with one attached hydrogen (secondary N) is 2. The van der Waals surface area contributed by atoms with Crippen LogP contribution in [0.25, 0.3) is 0 Å². The molecule has 1 aliphatic rings. The lowest BCUT2D eigenvalue weighted by Gasteiger charge is -2.20. The third-order valence-corrected chi connectivity index (χ3v) is 3.43. The molecule has 0 aromatic carbocycles. The van der Waals surface area contributed by atoms with Crippen molar-refractivity contribution in [2.45, 2.75) is 26.3 Å². The highest BCUT2D eigenvalue weighted by atomic mass is 15.3. The first-order chi connectivity index (χ1) is 8.69. The van der Waals surface area contributed by atoms with E-state index in [-0.39, 0.29) is 0 Å². The molecule has 4 N–H and O–H groups in total. The molecule has 6 nitrogen and oxygen atoms in total. The number of nitrogens with zero attached hydrogens (tertiary/aromatic N) is 3. The Morgan fingerprint density at radius 3 is 2.89 bits per heavy atom. The van der Waals surface area contributed by atoms with E-state index in [9.17, 15) is 0 Å². The molecule has 0 amide bonds. The van der Waals surface area contributed by atoms with Crippen molar-refractivity contribution in [1.82, 2.24) is 14.9 Å². The molecule has 2 rings (SSSR count). The normalized spacial score (nSPS) is 20.3. The molecule has 0 aliphatic carbocycles. The maximum Gasteiger partial charge on any atom is 0.145 e. The zero-order valence-corrected chi connectivity index (χ0v) is 11.1. The number of anilines is 2. The number of rotatable bonds is 5. The highest BCUT2D eigenvalue weighted by molar-refractivity contribution is 5.45. The molecule has 1 fully saturated rings. The minimum Gasteiger partial charge on any atom is -0.370 e. The van der Waals surface area contributed by atoms with Crippen molar-refractivity contribution < 1.29 is 0 Å². The first kappa shape index (κ1) is 13.0. The van der Waals surface area contributed by atoms with Crippen molar-refractivity contribution in [1.29, 1.82) is 0 Å². The van der Waals surface area contributed by atoms with Crippen LogP contribution < -0.4 is 16.6 Å². The number of nitrogens with two attached hydrogens (primary N) is 1. The molecule has 100 valence electrons. The Morgan fingerprint density at radius 1 is 1.44 bits per heavy atom. The Morgan fingerprint density at radius 2 is 2.22 bits per heavy atom. The zero-order valence-electron chi connectivity index (χ0n) is 11.1. The predicted molar refractivity (Wildman–Crippen MR) is 73.1 cm³/mol. The van der Waals surface area contributed by atoms with Crippen molar-refractivity contribution in [2.24, 2.45) is 11.8 Å². The van der Waals surface area contributed by atoms with Gasteiger partial charge in [0, 0.05) is 25.2 Å². The maximum absolute atomic E-state index is 5.31. The molecular formula is C12H22N6. The summed E-state index contributed by atoms with van der Waals surface area (Å²) in [7, 11) is 0. The molecule has 1 atom stereocenters. The van der Waals surface area contributed by atoms with Gasteiger partial charge >= 0.3 is 0 Å². The van der Waals surface area contributed by atoms with Gasteiger partial charge in [-0.15, -0.1) is 0 Å². The summed E-state index contributed by atoms with van der Waals surface area (Å²) >= 11 is 0. The average molecular weight is 250 g/mol. The van der Waals surface area contributed by atoms with E-state index in [1.54, 1.807) is 0 Å². The van der Waals surface area contributed by atoms with Gasteiger partial charge in [-0.25, -0.2) is 15.8 Å². The van der Waals surface area contributed by atoms with Gasteiger partial charge < -0.3 is 15.6 Å². The molecule has 18 heavy (non-hydrogen) atoms. The highest BCUT2D eigenvalue weighted by Crippen LogP contribution is 2.19. The summed E-state index contributed by atoms with van der Waals surface area (Å²) in [6.07, 6.45) is 2.75. The number of hydrazine groups is 1. The molecule has 1 aromatic rings. The topological polar surface area (TPSA) is 79.1 Å². The number of aromatic nitrogens is 2. The number of hydrogen-bond donors (Lipinski definition) is 3. The molecule has 2 heterocycles. The second-order valence-electron chi connectivity index (χ2n) is 5.06. The Labute approximate surface area is 108 Å². The Bertz CT molecular complexity index is 381. The third-order valence-electron chi connectivity index (χ3n) is 3.43. The molecular weight excluding hydrogens is 228 g/mol. The van der Waals surface area contributed by atoms with Crippen LogP contribution in [0.5, 0.6) is 0 Å². The fourth-order valence-corrected chi connectivity index (χ4v) is 2.28. The van der Waals surface area contributed by atoms with E-state index < -0.39 is 0 Å². The van der Waals surface area contributed by atoms with E-state index in [1.165, 1.54) is 19.3 Å².